The second-order valence-corrected chi connectivity index (χ2v) is 6.21. The molecule has 102 valence electrons. The molecule has 2 atom stereocenters. The van der Waals surface area contributed by atoms with Crippen LogP contribution in [0.25, 0.3) is 0 Å². The monoisotopic (exact) mass is 252 g/mol. The van der Waals surface area contributed by atoms with Crippen molar-refractivity contribution >= 4 is 5.97 Å². The topological polar surface area (TPSA) is 35.5 Å². The van der Waals surface area contributed by atoms with E-state index in [0.717, 1.165) is 13.0 Å². The Hall–Kier alpha value is -0.830. The molecule has 0 unspecified atom stereocenters. The van der Waals surface area contributed by atoms with E-state index in [2.05, 4.69) is 13.8 Å². The van der Waals surface area contributed by atoms with Crippen LogP contribution in [0.1, 0.15) is 53.4 Å². The average Bonchev–Trinajstić information content (AvgIpc) is 2.60. The van der Waals surface area contributed by atoms with Gasteiger partial charge in [-0.2, -0.15) is 0 Å². The quantitative estimate of drug-likeness (QED) is 0.571. The third kappa shape index (κ3) is 2.77. The maximum atomic E-state index is 11.0. The zero-order valence-corrected chi connectivity index (χ0v) is 11.9. The Morgan fingerprint density at radius 1 is 1.56 bits per heavy atom. The van der Waals surface area contributed by atoms with Gasteiger partial charge >= 0.3 is 5.97 Å². The van der Waals surface area contributed by atoms with Crippen LogP contribution in [0, 0.1) is 5.41 Å². The fourth-order valence-electron chi connectivity index (χ4n) is 3.41. The van der Waals surface area contributed by atoms with Crippen LogP contribution in [0.4, 0.5) is 0 Å². The number of rotatable bonds is 3. The van der Waals surface area contributed by atoms with Crippen LogP contribution < -0.4 is 0 Å². The number of esters is 1. The Morgan fingerprint density at radius 2 is 2.28 bits per heavy atom. The number of hydrogen-bond donors (Lipinski definition) is 0. The molecule has 0 bridgehead atoms. The maximum absolute atomic E-state index is 11.0. The highest BCUT2D eigenvalue weighted by Crippen LogP contribution is 2.46. The number of ether oxygens (including phenoxy) is 2. The van der Waals surface area contributed by atoms with Gasteiger partial charge in [0.15, 0.2) is 0 Å². The van der Waals surface area contributed by atoms with Crippen molar-refractivity contribution in [2.75, 3.05) is 6.61 Å². The highest BCUT2D eigenvalue weighted by Gasteiger charge is 2.39. The summed E-state index contributed by atoms with van der Waals surface area (Å²) in [6.45, 7) is 8.79. The summed E-state index contributed by atoms with van der Waals surface area (Å²) >= 11 is 0. The molecule has 2 rings (SSSR count). The molecule has 1 heterocycles. The second-order valence-electron chi connectivity index (χ2n) is 6.21. The van der Waals surface area contributed by atoms with Gasteiger partial charge in [0.2, 0.25) is 0 Å². The number of carbonyl (C=O) groups excluding carboxylic acids is 1. The molecule has 2 aliphatic rings. The lowest BCUT2D eigenvalue weighted by atomic mass is 9.71. The van der Waals surface area contributed by atoms with E-state index in [-0.39, 0.29) is 23.6 Å². The van der Waals surface area contributed by atoms with Crippen LogP contribution in [0.2, 0.25) is 0 Å². The standard InChI is InChI=1S/C15H24O3/c1-10(18-11(2)16)8-13-14-12(9-17-13)6-5-7-15(14,3)4/h10,13H,5-9H2,1-4H3/t10-,13+/m1/s1. The minimum Gasteiger partial charge on any atom is -0.463 e. The lowest BCUT2D eigenvalue weighted by Gasteiger charge is -2.35. The molecule has 3 heteroatoms. The summed E-state index contributed by atoms with van der Waals surface area (Å²) in [5.74, 6) is -0.211. The van der Waals surface area contributed by atoms with Gasteiger partial charge in [-0.25, -0.2) is 0 Å². The molecule has 0 saturated heterocycles. The molecule has 0 aromatic carbocycles. The highest BCUT2D eigenvalue weighted by atomic mass is 16.5. The summed E-state index contributed by atoms with van der Waals surface area (Å²) in [6, 6.07) is 0. The summed E-state index contributed by atoms with van der Waals surface area (Å²) in [4.78, 5) is 11.0. The predicted octanol–water partition coefficient (Wildman–Crippen LogP) is 3.23. The zero-order chi connectivity index (χ0) is 13.3. The molecule has 0 aromatic heterocycles. The van der Waals surface area contributed by atoms with Gasteiger partial charge in [0.1, 0.15) is 6.10 Å². The number of carbonyl (C=O) groups is 1. The van der Waals surface area contributed by atoms with E-state index in [1.165, 1.54) is 37.3 Å². The molecule has 18 heavy (non-hydrogen) atoms. The van der Waals surface area contributed by atoms with Gasteiger partial charge in [-0.1, -0.05) is 13.8 Å². The van der Waals surface area contributed by atoms with Gasteiger partial charge in [0, 0.05) is 13.3 Å². The molecule has 0 N–H and O–H groups in total. The van der Waals surface area contributed by atoms with Gasteiger partial charge < -0.3 is 9.47 Å². The molecular weight excluding hydrogens is 228 g/mol. The van der Waals surface area contributed by atoms with Crippen molar-refractivity contribution in [3.05, 3.63) is 11.1 Å². The fraction of sp³-hybridized carbons (Fsp3) is 0.800. The van der Waals surface area contributed by atoms with Crippen LogP contribution in [0.5, 0.6) is 0 Å². The van der Waals surface area contributed by atoms with Gasteiger partial charge in [0.25, 0.3) is 0 Å². The van der Waals surface area contributed by atoms with Gasteiger partial charge in [-0.3, -0.25) is 4.79 Å². The van der Waals surface area contributed by atoms with E-state index in [1.807, 2.05) is 6.92 Å². The molecule has 0 radical (unpaired) electrons. The first-order chi connectivity index (χ1) is 8.40. The number of hydrogen-bond acceptors (Lipinski definition) is 3. The SMILES string of the molecule is CC(=O)O[C@H](C)C[C@@H]1OCC2=C1C(C)(C)CCC2. The van der Waals surface area contributed by atoms with Crippen LogP contribution in [-0.4, -0.2) is 24.8 Å². The van der Waals surface area contributed by atoms with E-state index in [0.29, 0.717) is 0 Å². The average molecular weight is 252 g/mol. The van der Waals surface area contributed by atoms with E-state index in [9.17, 15) is 4.79 Å². The van der Waals surface area contributed by atoms with Crippen molar-refractivity contribution in [3.8, 4) is 0 Å². The Morgan fingerprint density at radius 3 is 2.94 bits per heavy atom. The van der Waals surface area contributed by atoms with Crippen LogP contribution >= 0.6 is 0 Å². The predicted molar refractivity (Wildman–Crippen MR) is 70.2 cm³/mol. The van der Waals surface area contributed by atoms with Crippen molar-refractivity contribution in [1.29, 1.82) is 0 Å². The summed E-state index contributed by atoms with van der Waals surface area (Å²) in [5.41, 5.74) is 3.21. The van der Waals surface area contributed by atoms with E-state index < -0.39 is 0 Å². The van der Waals surface area contributed by atoms with Crippen molar-refractivity contribution in [3.63, 3.8) is 0 Å². The summed E-state index contributed by atoms with van der Waals surface area (Å²) in [5, 5.41) is 0. The Labute approximate surface area is 110 Å². The van der Waals surface area contributed by atoms with Crippen LogP contribution in [0.3, 0.4) is 0 Å². The third-order valence-corrected chi connectivity index (χ3v) is 4.08. The third-order valence-electron chi connectivity index (χ3n) is 4.08. The van der Waals surface area contributed by atoms with Crippen molar-refractivity contribution in [2.45, 2.75) is 65.6 Å². The molecule has 3 nitrogen and oxygen atoms in total. The summed E-state index contributed by atoms with van der Waals surface area (Å²) < 4.78 is 11.1. The Balaban J connectivity index is 2.07. The normalized spacial score (nSPS) is 27.9. The molecule has 0 saturated carbocycles. The molecule has 1 aliphatic carbocycles. The fourth-order valence-corrected chi connectivity index (χ4v) is 3.41. The largest absolute Gasteiger partial charge is 0.463 e. The Bertz CT molecular complexity index is 368. The summed E-state index contributed by atoms with van der Waals surface area (Å²) in [7, 11) is 0. The van der Waals surface area contributed by atoms with E-state index >= 15 is 0 Å². The molecule has 0 aromatic rings. The maximum Gasteiger partial charge on any atom is 0.302 e. The zero-order valence-electron chi connectivity index (χ0n) is 11.9. The minimum absolute atomic E-state index is 0.0722. The Kier molecular flexibility index (Phi) is 3.81. The first-order valence-corrected chi connectivity index (χ1v) is 6.91. The van der Waals surface area contributed by atoms with E-state index in [1.54, 1.807) is 0 Å². The lowest BCUT2D eigenvalue weighted by Crippen LogP contribution is -2.29. The highest BCUT2D eigenvalue weighted by molar-refractivity contribution is 5.66. The minimum atomic E-state index is -0.211. The molecule has 1 aliphatic heterocycles. The summed E-state index contributed by atoms with van der Waals surface area (Å²) in [6.07, 6.45) is 4.52. The smallest absolute Gasteiger partial charge is 0.302 e. The van der Waals surface area contributed by atoms with Crippen LogP contribution in [-0.2, 0) is 14.3 Å². The molecule has 0 amide bonds. The van der Waals surface area contributed by atoms with Gasteiger partial charge in [0.05, 0.1) is 12.7 Å². The van der Waals surface area contributed by atoms with Crippen LogP contribution in [0.15, 0.2) is 11.1 Å². The first-order valence-electron chi connectivity index (χ1n) is 6.91. The molecule has 0 spiro atoms. The van der Waals surface area contributed by atoms with Gasteiger partial charge in [-0.05, 0) is 42.7 Å². The second kappa shape index (κ2) is 5.04. The lowest BCUT2D eigenvalue weighted by molar-refractivity contribution is -0.146. The van der Waals surface area contributed by atoms with Crippen molar-refractivity contribution < 1.29 is 14.3 Å². The van der Waals surface area contributed by atoms with Crippen molar-refractivity contribution in [2.24, 2.45) is 5.41 Å². The molecule has 0 fully saturated rings. The molecular formula is C15H24O3. The van der Waals surface area contributed by atoms with E-state index in [4.69, 9.17) is 9.47 Å². The van der Waals surface area contributed by atoms with Gasteiger partial charge in [-0.15, -0.1) is 0 Å². The van der Waals surface area contributed by atoms with Crippen molar-refractivity contribution in [1.82, 2.24) is 0 Å². The first kappa shape index (κ1) is 13.6.